The number of thiophene rings is 1. The molecule has 0 saturated heterocycles. The quantitative estimate of drug-likeness (QED) is 0.827. The van der Waals surface area contributed by atoms with E-state index in [1.54, 1.807) is 0 Å². The summed E-state index contributed by atoms with van der Waals surface area (Å²) < 4.78 is 1.85. The van der Waals surface area contributed by atoms with Crippen molar-refractivity contribution >= 4 is 49.2 Å². The van der Waals surface area contributed by atoms with E-state index in [-0.39, 0.29) is 12.3 Å². The maximum Gasteiger partial charge on any atom is 0.303 e. The molecule has 90 valence electrons. The van der Waals surface area contributed by atoms with Crippen LogP contribution in [0.3, 0.4) is 0 Å². The van der Waals surface area contributed by atoms with Crippen LogP contribution in [0.15, 0.2) is 14.3 Å². The molecule has 0 radical (unpaired) electrons. The maximum atomic E-state index is 10.5. The molecule has 0 bridgehead atoms. The van der Waals surface area contributed by atoms with Crippen molar-refractivity contribution in [2.75, 3.05) is 0 Å². The van der Waals surface area contributed by atoms with E-state index in [1.807, 2.05) is 13.0 Å². The van der Waals surface area contributed by atoms with Gasteiger partial charge in [0.05, 0.1) is 9.89 Å². The van der Waals surface area contributed by atoms with E-state index in [0.29, 0.717) is 6.42 Å². The standard InChI is InChI=1S/C10H12Br2O3S/c1-5(3-9(14)15)2-7(13)8-4-6(11)10(12)16-8/h4-5,7,13H,2-3H2,1H3,(H,14,15). The van der Waals surface area contributed by atoms with Crippen LogP contribution in [0.4, 0.5) is 0 Å². The highest BCUT2D eigenvalue weighted by molar-refractivity contribution is 9.13. The summed E-state index contributed by atoms with van der Waals surface area (Å²) >= 11 is 8.16. The molecule has 6 heteroatoms. The Morgan fingerprint density at radius 2 is 2.19 bits per heavy atom. The molecule has 16 heavy (non-hydrogen) atoms. The lowest BCUT2D eigenvalue weighted by Crippen LogP contribution is -2.08. The van der Waals surface area contributed by atoms with Gasteiger partial charge in [-0.1, -0.05) is 6.92 Å². The molecular formula is C10H12Br2O3S. The van der Waals surface area contributed by atoms with Gasteiger partial charge >= 0.3 is 5.97 Å². The van der Waals surface area contributed by atoms with Gasteiger partial charge in [-0.2, -0.15) is 0 Å². The molecule has 0 aromatic carbocycles. The highest BCUT2D eigenvalue weighted by atomic mass is 79.9. The minimum absolute atomic E-state index is 0.0350. The molecule has 2 atom stereocenters. The fraction of sp³-hybridized carbons (Fsp3) is 0.500. The summed E-state index contributed by atoms with van der Waals surface area (Å²) in [6.07, 6.45) is -0.0434. The number of aliphatic hydroxyl groups excluding tert-OH is 1. The third-order valence-corrected chi connectivity index (χ3v) is 5.50. The van der Waals surface area contributed by atoms with Crippen molar-refractivity contribution in [3.8, 4) is 0 Å². The topological polar surface area (TPSA) is 57.5 Å². The second-order valence-electron chi connectivity index (χ2n) is 3.72. The molecule has 0 saturated carbocycles. The predicted octanol–water partition coefficient (Wildman–Crippen LogP) is 3.81. The zero-order valence-electron chi connectivity index (χ0n) is 8.61. The number of halogens is 2. The van der Waals surface area contributed by atoms with E-state index in [1.165, 1.54) is 11.3 Å². The SMILES string of the molecule is CC(CC(=O)O)CC(O)c1cc(Br)c(Br)s1. The highest BCUT2D eigenvalue weighted by Gasteiger charge is 2.17. The van der Waals surface area contributed by atoms with Gasteiger partial charge in [-0.3, -0.25) is 4.79 Å². The van der Waals surface area contributed by atoms with Crippen molar-refractivity contribution < 1.29 is 15.0 Å². The first-order valence-corrected chi connectivity index (χ1v) is 7.15. The first kappa shape index (κ1) is 14.2. The minimum atomic E-state index is -0.826. The second-order valence-corrected chi connectivity index (χ2v) is 6.98. The lowest BCUT2D eigenvalue weighted by molar-refractivity contribution is -0.138. The number of carbonyl (C=O) groups is 1. The first-order valence-electron chi connectivity index (χ1n) is 4.74. The third kappa shape index (κ3) is 4.16. The van der Waals surface area contributed by atoms with Crippen molar-refractivity contribution in [1.29, 1.82) is 0 Å². The molecular weight excluding hydrogens is 360 g/mol. The summed E-state index contributed by atoms with van der Waals surface area (Å²) in [5.74, 6) is -0.861. The Balaban J connectivity index is 2.58. The summed E-state index contributed by atoms with van der Waals surface area (Å²) in [5, 5.41) is 18.5. The number of carboxylic acids is 1. The molecule has 1 rings (SSSR count). The van der Waals surface area contributed by atoms with Crippen LogP contribution in [0.2, 0.25) is 0 Å². The largest absolute Gasteiger partial charge is 0.481 e. The van der Waals surface area contributed by atoms with Gasteiger partial charge in [-0.15, -0.1) is 11.3 Å². The van der Waals surface area contributed by atoms with E-state index in [2.05, 4.69) is 31.9 Å². The van der Waals surface area contributed by atoms with Crippen LogP contribution < -0.4 is 0 Å². The summed E-state index contributed by atoms with van der Waals surface area (Å²) in [6.45, 7) is 1.83. The van der Waals surface area contributed by atoms with Crippen molar-refractivity contribution in [2.45, 2.75) is 25.9 Å². The number of carboxylic acid groups (broad SMARTS) is 1. The van der Waals surface area contributed by atoms with Gasteiger partial charge in [0.25, 0.3) is 0 Å². The molecule has 1 heterocycles. The van der Waals surface area contributed by atoms with Crippen LogP contribution in [-0.2, 0) is 4.79 Å². The summed E-state index contributed by atoms with van der Waals surface area (Å²) in [5.41, 5.74) is 0. The van der Waals surface area contributed by atoms with E-state index in [0.717, 1.165) is 13.1 Å². The fourth-order valence-corrected chi connectivity index (χ4v) is 3.49. The first-order chi connectivity index (χ1) is 7.40. The Hall–Kier alpha value is 0.0900. The third-order valence-electron chi connectivity index (χ3n) is 2.14. The van der Waals surface area contributed by atoms with Crippen molar-refractivity contribution in [2.24, 2.45) is 5.92 Å². The van der Waals surface area contributed by atoms with Gasteiger partial charge in [0, 0.05) is 15.8 Å². The van der Waals surface area contributed by atoms with E-state index in [4.69, 9.17) is 5.11 Å². The lowest BCUT2D eigenvalue weighted by atomic mass is 9.99. The zero-order valence-corrected chi connectivity index (χ0v) is 12.6. The minimum Gasteiger partial charge on any atom is -0.481 e. The van der Waals surface area contributed by atoms with Gasteiger partial charge in [0.1, 0.15) is 0 Å². The maximum absolute atomic E-state index is 10.5. The Morgan fingerprint density at radius 1 is 1.56 bits per heavy atom. The highest BCUT2D eigenvalue weighted by Crippen LogP contribution is 2.37. The molecule has 2 N–H and O–H groups in total. The summed E-state index contributed by atoms with van der Waals surface area (Å²) in [4.78, 5) is 11.3. The van der Waals surface area contributed by atoms with E-state index in [9.17, 15) is 9.90 Å². The Bertz CT molecular complexity index is 359. The monoisotopic (exact) mass is 370 g/mol. The zero-order chi connectivity index (χ0) is 12.3. The number of hydrogen-bond acceptors (Lipinski definition) is 3. The van der Waals surface area contributed by atoms with Crippen LogP contribution in [0.25, 0.3) is 0 Å². The van der Waals surface area contributed by atoms with Crippen molar-refractivity contribution in [1.82, 2.24) is 0 Å². The molecule has 0 spiro atoms. The van der Waals surface area contributed by atoms with Gasteiger partial charge in [0.15, 0.2) is 0 Å². The van der Waals surface area contributed by atoms with Crippen LogP contribution in [0, 0.1) is 5.92 Å². The normalized spacial score (nSPS) is 14.8. The van der Waals surface area contributed by atoms with Crippen LogP contribution >= 0.6 is 43.2 Å². The van der Waals surface area contributed by atoms with E-state index < -0.39 is 12.1 Å². The molecule has 1 aromatic heterocycles. The molecule has 3 nitrogen and oxygen atoms in total. The van der Waals surface area contributed by atoms with Crippen molar-refractivity contribution in [3.63, 3.8) is 0 Å². The second kappa shape index (κ2) is 6.14. The van der Waals surface area contributed by atoms with E-state index >= 15 is 0 Å². The van der Waals surface area contributed by atoms with Crippen LogP contribution in [0.5, 0.6) is 0 Å². The average Bonchev–Trinajstić information content (AvgIpc) is 2.45. The number of hydrogen-bond donors (Lipinski definition) is 2. The Morgan fingerprint density at radius 3 is 2.62 bits per heavy atom. The number of rotatable bonds is 5. The fourth-order valence-electron chi connectivity index (χ4n) is 1.41. The molecule has 0 aliphatic heterocycles. The number of aliphatic hydroxyl groups is 1. The molecule has 0 amide bonds. The Kier molecular flexibility index (Phi) is 5.43. The van der Waals surface area contributed by atoms with Gasteiger partial charge < -0.3 is 10.2 Å². The lowest BCUT2D eigenvalue weighted by Gasteiger charge is -2.13. The van der Waals surface area contributed by atoms with Crippen LogP contribution in [0.1, 0.15) is 30.7 Å². The van der Waals surface area contributed by atoms with Gasteiger partial charge in [0.2, 0.25) is 0 Å². The molecule has 0 fully saturated rings. The van der Waals surface area contributed by atoms with Gasteiger partial charge in [-0.05, 0) is 50.3 Å². The average molecular weight is 372 g/mol. The molecule has 2 unspecified atom stereocenters. The molecule has 1 aromatic rings. The predicted molar refractivity (Wildman–Crippen MR) is 70.7 cm³/mol. The van der Waals surface area contributed by atoms with Gasteiger partial charge in [-0.25, -0.2) is 0 Å². The number of aliphatic carboxylic acids is 1. The smallest absolute Gasteiger partial charge is 0.303 e. The van der Waals surface area contributed by atoms with Crippen LogP contribution in [-0.4, -0.2) is 16.2 Å². The van der Waals surface area contributed by atoms with Crippen molar-refractivity contribution in [3.05, 3.63) is 19.2 Å². The summed E-state index contributed by atoms with van der Waals surface area (Å²) in [6, 6.07) is 1.85. The molecule has 0 aliphatic carbocycles. The summed E-state index contributed by atoms with van der Waals surface area (Å²) in [7, 11) is 0. The Labute approximate surface area is 115 Å². The molecule has 0 aliphatic rings.